The second-order valence-corrected chi connectivity index (χ2v) is 6.55. The van der Waals surface area contributed by atoms with Gasteiger partial charge in [-0.1, -0.05) is 18.2 Å². The molecule has 1 saturated heterocycles. The molecule has 3 aromatic rings. The van der Waals surface area contributed by atoms with Crippen LogP contribution in [0.3, 0.4) is 0 Å². The highest BCUT2D eigenvalue weighted by Gasteiger charge is 2.57. The molecule has 0 spiro atoms. The van der Waals surface area contributed by atoms with Crippen molar-refractivity contribution >= 4 is 11.3 Å². The number of fused-ring (bicyclic) bond motifs is 1. The molecule has 0 aliphatic carbocycles. The standard InChI is InChI=1S/C19H19N5O5/c20-9-19(15-7-6-13-18(21)22-10-23-24(13)15)17(26)16(25)14(29-19)8-27-11-28-12-4-2-1-3-5-12/h1-7,10,14,16-17,25-26H,8,11H2,(H2,21,22,23)/t14-,16-,17-,19+/m1/s1. The van der Waals surface area contributed by atoms with Crippen molar-refractivity contribution in [3.05, 3.63) is 54.5 Å². The van der Waals surface area contributed by atoms with E-state index in [1.165, 1.54) is 10.8 Å². The van der Waals surface area contributed by atoms with Gasteiger partial charge < -0.3 is 30.2 Å². The number of aliphatic hydroxyl groups is 2. The molecule has 3 heterocycles. The third kappa shape index (κ3) is 3.26. The topological polar surface area (TPSA) is 148 Å². The lowest BCUT2D eigenvalue weighted by molar-refractivity contribution is -0.0940. The molecule has 0 amide bonds. The molecule has 0 unspecified atom stereocenters. The Morgan fingerprint density at radius 1 is 1.24 bits per heavy atom. The predicted molar refractivity (Wildman–Crippen MR) is 99.5 cm³/mol. The molecule has 150 valence electrons. The predicted octanol–water partition coefficient (Wildman–Crippen LogP) is 0.204. The van der Waals surface area contributed by atoms with Gasteiger partial charge in [-0.25, -0.2) is 9.50 Å². The SMILES string of the molecule is N#C[C@@]1(c2ccc3c(N)ncnn23)O[C@H](COCOc2ccccc2)[C@@H](O)[C@H]1O. The van der Waals surface area contributed by atoms with Crippen LogP contribution in [0.25, 0.3) is 5.52 Å². The van der Waals surface area contributed by atoms with Crippen LogP contribution in [0.5, 0.6) is 5.75 Å². The van der Waals surface area contributed by atoms with Crippen molar-refractivity contribution in [3.8, 4) is 11.8 Å². The second-order valence-electron chi connectivity index (χ2n) is 6.55. The van der Waals surface area contributed by atoms with Gasteiger partial charge in [-0.05, 0) is 24.3 Å². The summed E-state index contributed by atoms with van der Waals surface area (Å²) in [6.07, 6.45) is -2.59. The van der Waals surface area contributed by atoms with E-state index >= 15 is 0 Å². The lowest BCUT2D eigenvalue weighted by atomic mass is 9.92. The van der Waals surface area contributed by atoms with Crippen molar-refractivity contribution < 1.29 is 24.4 Å². The van der Waals surface area contributed by atoms with Gasteiger partial charge in [0.25, 0.3) is 0 Å². The third-order valence-corrected chi connectivity index (χ3v) is 4.82. The van der Waals surface area contributed by atoms with Crippen LogP contribution < -0.4 is 10.5 Å². The largest absolute Gasteiger partial charge is 0.468 e. The minimum atomic E-state index is -1.85. The third-order valence-electron chi connectivity index (χ3n) is 4.82. The van der Waals surface area contributed by atoms with Crippen LogP contribution >= 0.6 is 0 Å². The molecule has 1 aliphatic rings. The van der Waals surface area contributed by atoms with Crippen LogP contribution in [0.2, 0.25) is 0 Å². The van der Waals surface area contributed by atoms with Gasteiger partial charge in [0.2, 0.25) is 5.60 Å². The molecule has 0 radical (unpaired) electrons. The molecular formula is C19H19N5O5. The van der Waals surface area contributed by atoms with Crippen molar-refractivity contribution in [2.24, 2.45) is 0 Å². The van der Waals surface area contributed by atoms with E-state index in [0.29, 0.717) is 11.3 Å². The van der Waals surface area contributed by atoms with Gasteiger partial charge in [-0.15, -0.1) is 0 Å². The first-order valence-corrected chi connectivity index (χ1v) is 8.86. The number of nitrogens with two attached hydrogens (primary N) is 1. The van der Waals surface area contributed by atoms with Crippen LogP contribution in [0.1, 0.15) is 5.69 Å². The molecule has 4 atom stereocenters. The fourth-order valence-corrected chi connectivity index (χ4v) is 3.34. The number of hydrogen-bond acceptors (Lipinski definition) is 9. The Hall–Kier alpha value is -3.23. The molecule has 10 nitrogen and oxygen atoms in total. The van der Waals surface area contributed by atoms with Gasteiger partial charge in [-0.3, -0.25) is 0 Å². The van der Waals surface area contributed by atoms with Crippen LogP contribution in [0.15, 0.2) is 48.8 Å². The van der Waals surface area contributed by atoms with Crippen molar-refractivity contribution in [1.82, 2.24) is 14.6 Å². The van der Waals surface area contributed by atoms with Crippen molar-refractivity contribution in [1.29, 1.82) is 5.26 Å². The summed E-state index contributed by atoms with van der Waals surface area (Å²) in [5, 5.41) is 35.0. The number of para-hydroxylation sites is 1. The molecule has 0 bridgehead atoms. The van der Waals surface area contributed by atoms with E-state index < -0.39 is 23.9 Å². The Morgan fingerprint density at radius 3 is 2.79 bits per heavy atom. The Morgan fingerprint density at radius 2 is 2.03 bits per heavy atom. The van der Waals surface area contributed by atoms with Gasteiger partial charge in [0.15, 0.2) is 12.6 Å². The zero-order valence-corrected chi connectivity index (χ0v) is 15.3. The maximum atomic E-state index is 10.6. The summed E-state index contributed by atoms with van der Waals surface area (Å²) >= 11 is 0. The lowest BCUT2D eigenvalue weighted by Gasteiger charge is -2.24. The summed E-state index contributed by atoms with van der Waals surface area (Å²) in [6, 6.07) is 14.2. The highest BCUT2D eigenvalue weighted by atomic mass is 16.7. The molecule has 1 aliphatic heterocycles. The van der Waals surface area contributed by atoms with Crippen LogP contribution in [-0.2, 0) is 15.1 Å². The summed E-state index contributed by atoms with van der Waals surface area (Å²) in [4.78, 5) is 3.90. The molecule has 29 heavy (non-hydrogen) atoms. The average molecular weight is 397 g/mol. The number of aliphatic hydroxyl groups excluding tert-OH is 2. The number of nitrogens with zero attached hydrogens (tertiary/aromatic N) is 4. The van der Waals surface area contributed by atoms with Gasteiger partial charge in [0.1, 0.15) is 42.0 Å². The molecule has 2 aromatic heterocycles. The number of rotatable bonds is 6. The number of benzene rings is 1. The van der Waals surface area contributed by atoms with Gasteiger partial charge >= 0.3 is 0 Å². The number of ether oxygens (including phenoxy) is 3. The summed E-state index contributed by atoms with van der Waals surface area (Å²) in [6.45, 7) is -0.168. The molecule has 4 N–H and O–H groups in total. The fourth-order valence-electron chi connectivity index (χ4n) is 3.34. The zero-order chi connectivity index (χ0) is 20.4. The van der Waals surface area contributed by atoms with E-state index in [9.17, 15) is 15.5 Å². The maximum absolute atomic E-state index is 10.6. The Kier molecular flexibility index (Phi) is 5.04. The summed E-state index contributed by atoms with van der Waals surface area (Å²) in [5.74, 6) is 0.842. The van der Waals surface area contributed by atoms with E-state index in [1.807, 2.05) is 24.3 Å². The minimum absolute atomic E-state index is 0.0793. The van der Waals surface area contributed by atoms with Crippen molar-refractivity contribution in [3.63, 3.8) is 0 Å². The van der Waals surface area contributed by atoms with Crippen LogP contribution in [0, 0.1) is 11.3 Å². The van der Waals surface area contributed by atoms with E-state index in [1.54, 1.807) is 24.3 Å². The van der Waals surface area contributed by atoms with Gasteiger partial charge in [-0.2, -0.15) is 10.4 Å². The zero-order valence-electron chi connectivity index (χ0n) is 15.3. The normalized spacial score (nSPS) is 26.4. The monoisotopic (exact) mass is 397 g/mol. The number of aromatic nitrogens is 3. The molecule has 1 fully saturated rings. The van der Waals surface area contributed by atoms with E-state index in [-0.39, 0.29) is 24.9 Å². The minimum Gasteiger partial charge on any atom is -0.468 e. The quantitative estimate of drug-likeness (QED) is 0.392. The highest BCUT2D eigenvalue weighted by molar-refractivity contribution is 5.66. The van der Waals surface area contributed by atoms with Gasteiger partial charge in [0.05, 0.1) is 12.3 Å². The Balaban J connectivity index is 1.50. The lowest BCUT2D eigenvalue weighted by Crippen LogP contribution is -2.41. The van der Waals surface area contributed by atoms with Crippen LogP contribution in [0.4, 0.5) is 5.82 Å². The van der Waals surface area contributed by atoms with Gasteiger partial charge in [0, 0.05) is 0 Å². The number of nitrogen functional groups attached to an aromatic ring is 1. The van der Waals surface area contributed by atoms with Crippen molar-refractivity contribution in [2.75, 3.05) is 19.1 Å². The van der Waals surface area contributed by atoms with E-state index in [2.05, 4.69) is 10.1 Å². The van der Waals surface area contributed by atoms with E-state index in [4.69, 9.17) is 19.9 Å². The average Bonchev–Trinajstić information content (AvgIpc) is 3.28. The summed E-state index contributed by atoms with van der Waals surface area (Å²) in [5.41, 5.74) is 4.68. The second kappa shape index (κ2) is 7.65. The number of nitriles is 1. The maximum Gasteiger partial charge on any atom is 0.225 e. The summed E-state index contributed by atoms with van der Waals surface area (Å²) in [7, 11) is 0. The Labute approximate surface area is 165 Å². The first kappa shape index (κ1) is 19.1. The molecule has 10 heteroatoms. The van der Waals surface area contributed by atoms with Crippen LogP contribution in [-0.4, -0.2) is 56.5 Å². The first-order valence-electron chi connectivity index (χ1n) is 8.86. The molecule has 4 rings (SSSR count). The molecular weight excluding hydrogens is 378 g/mol. The number of anilines is 1. The Bertz CT molecular complexity index is 1040. The molecule has 1 aromatic carbocycles. The smallest absolute Gasteiger partial charge is 0.225 e. The first-order chi connectivity index (χ1) is 14.1. The number of hydrogen-bond donors (Lipinski definition) is 3. The molecule has 0 saturated carbocycles. The van der Waals surface area contributed by atoms with Crippen molar-refractivity contribution in [2.45, 2.75) is 23.9 Å². The van der Waals surface area contributed by atoms with E-state index in [0.717, 1.165) is 0 Å². The highest BCUT2D eigenvalue weighted by Crippen LogP contribution is 2.40. The summed E-state index contributed by atoms with van der Waals surface area (Å²) < 4.78 is 18.0. The fraction of sp³-hybridized carbons (Fsp3) is 0.316.